The standard InChI is InChI=1S/C15H23NO4/c1-14-9(11(17)12(18)20-2)6-8-15(13(19)16-14)7-4-3-5-10(14)15/h9-11,17H,3-8H2,1-2H3,(H,16,19)/t9-,10-,11+,14+,15-/m1/s1. The van der Waals surface area contributed by atoms with Crippen molar-refractivity contribution in [3.63, 3.8) is 0 Å². The number of aliphatic hydroxyl groups is 1. The second-order valence-corrected chi connectivity index (χ2v) is 6.80. The van der Waals surface area contributed by atoms with Crippen LogP contribution in [0, 0.1) is 17.3 Å². The minimum absolute atomic E-state index is 0.129. The zero-order valence-electron chi connectivity index (χ0n) is 12.1. The first-order valence-electron chi connectivity index (χ1n) is 7.54. The quantitative estimate of drug-likeness (QED) is 0.740. The van der Waals surface area contributed by atoms with Crippen molar-refractivity contribution >= 4 is 11.9 Å². The van der Waals surface area contributed by atoms with Gasteiger partial charge >= 0.3 is 5.97 Å². The minimum atomic E-state index is -1.15. The second kappa shape index (κ2) is 4.45. The maximum Gasteiger partial charge on any atom is 0.335 e. The number of hydrogen-bond donors (Lipinski definition) is 2. The maximum atomic E-state index is 12.5. The summed E-state index contributed by atoms with van der Waals surface area (Å²) in [5.41, 5.74) is -0.733. The zero-order chi connectivity index (χ0) is 14.5. The molecule has 0 aromatic rings. The number of esters is 1. The van der Waals surface area contributed by atoms with Crippen molar-refractivity contribution in [1.82, 2.24) is 5.32 Å². The van der Waals surface area contributed by atoms with Crippen LogP contribution in [-0.4, -0.2) is 35.7 Å². The third-order valence-electron chi connectivity index (χ3n) is 6.09. The maximum absolute atomic E-state index is 12.5. The van der Waals surface area contributed by atoms with Crippen molar-refractivity contribution in [2.45, 2.75) is 57.1 Å². The van der Waals surface area contributed by atoms with Crippen molar-refractivity contribution in [3.8, 4) is 0 Å². The van der Waals surface area contributed by atoms with Gasteiger partial charge in [-0.25, -0.2) is 4.79 Å². The molecular weight excluding hydrogens is 258 g/mol. The van der Waals surface area contributed by atoms with E-state index < -0.39 is 17.6 Å². The highest BCUT2D eigenvalue weighted by atomic mass is 16.5. The average Bonchev–Trinajstić information content (AvgIpc) is 2.61. The number of amides is 1. The van der Waals surface area contributed by atoms with Gasteiger partial charge in [-0.3, -0.25) is 4.79 Å². The Balaban J connectivity index is 1.95. The number of carbonyl (C=O) groups is 2. The van der Waals surface area contributed by atoms with Crippen LogP contribution < -0.4 is 5.32 Å². The van der Waals surface area contributed by atoms with Gasteiger partial charge in [-0.15, -0.1) is 0 Å². The molecule has 1 amide bonds. The molecule has 5 atom stereocenters. The summed E-state index contributed by atoms with van der Waals surface area (Å²) in [6.45, 7) is 2.00. The monoisotopic (exact) mass is 281 g/mol. The summed E-state index contributed by atoms with van der Waals surface area (Å²) in [7, 11) is 1.29. The van der Waals surface area contributed by atoms with Crippen LogP contribution in [0.15, 0.2) is 0 Å². The van der Waals surface area contributed by atoms with E-state index in [9.17, 15) is 14.7 Å². The summed E-state index contributed by atoms with van der Waals surface area (Å²) in [5, 5.41) is 13.4. The zero-order valence-corrected chi connectivity index (χ0v) is 12.1. The van der Waals surface area contributed by atoms with Crippen LogP contribution in [0.1, 0.15) is 45.4 Å². The van der Waals surface area contributed by atoms with Crippen molar-refractivity contribution in [1.29, 1.82) is 0 Å². The van der Waals surface area contributed by atoms with Gasteiger partial charge in [-0.1, -0.05) is 12.8 Å². The molecule has 1 aliphatic heterocycles. The van der Waals surface area contributed by atoms with Gasteiger partial charge in [0.25, 0.3) is 0 Å². The Kier molecular flexibility index (Phi) is 3.08. The molecule has 0 aromatic carbocycles. The normalized spacial score (nSPS) is 44.5. The smallest absolute Gasteiger partial charge is 0.335 e. The van der Waals surface area contributed by atoms with Crippen molar-refractivity contribution in [2.75, 3.05) is 7.11 Å². The summed E-state index contributed by atoms with van der Waals surface area (Å²) >= 11 is 0. The SMILES string of the molecule is COC(=O)[C@@H](O)[C@H]1CC[C@]23CCCC[C@@H]2[C@@]1(C)NC3=O. The summed E-state index contributed by atoms with van der Waals surface area (Å²) in [5.74, 6) is -0.489. The van der Waals surface area contributed by atoms with Crippen molar-refractivity contribution in [3.05, 3.63) is 0 Å². The van der Waals surface area contributed by atoms with Gasteiger partial charge in [0.05, 0.1) is 12.5 Å². The fraction of sp³-hybridized carbons (Fsp3) is 0.867. The molecule has 3 rings (SSSR count). The summed E-state index contributed by atoms with van der Waals surface area (Å²) in [4.78, 5) is 24.2. The van der Waals surface area contributed by atoms with E-state index >= 15 is 0 Å². The number of hydrogen-bond acceptors (Lipinski definition) is 4. The van der Waals surface area contributed by atoms with E-state index in [2.05, 4.69) is 10.1 Å². The van der Waals surface area contributed by atoms with Crippen LogP contribution in [0.25, 0.3) is 0 Å². The lowest BCUT2D eigenvalue weighted by Crippen LogP contribution is -2.58. The largest absolute Gasteiger partial charge is 0.467 e. The lowest BCUT2D eigenvalue weighted by atomic mass is 9.52. The molecule has 1 heterocycles. The molecule has 0 radical (unpaired) electrons. The van der Waals surface area contributed by atoms with E-state index in [1.807, 2.05) is 6.92 Å². The lowest BCUT2D eigenvalue weighted by molar-refractivity contribution is -0.158. The first-order valence-corrected chi connectivity index (χ1v) is 7.54. The van der Waals surface area contributed by atoms with Crippen molar-refractivity contribution < 1.29 is 19.4 Å². The van der Waals surface area contributed by atoms with Crippen molar-refractivity contribution in [2.24, 2.45) is 17.3 Å². The lowest BCUT2D eigenvalue weighted by Gasteiger charge is -2.51. The average molecular weight is 281 g/mol. The van der Waals surface area contributed by atoms with E-state index in [-0.39, 0.29) is 23.2 Å². The molecule has 2 bridgehead atoms. The highest BCUT2D eigenvalue weighted by molar-refractivity contribution is 5.88. The van der Waals surface area contributed by atoms with E-state index in [0.717, 1.165) is 32.1 Å². The Morgan fingerprint density at radius 2 is 2.15 bits per heavy atom. The Hall–Kier alpha value is -1.10. The van der Waals surface area contributed by atoms with Gasteiger partial charge in [-0.2, -0.15) is 0 Å². The third kappa shape index (κ3) is 1.59. The Morgan fingerprint density at radius 1 is 1.40 bits per heavy atom. The Bertz CT molecular complexity index is 451. The molecule has 2 N–H and O–H groups in total. The van der Waals surface area contributed by atoms with E-state index in [1.54, 1.807) is 0 Å². The van der Waals surface area contributed by atoms with E-state index in [0.29, 0.717) is 6.42 Å². The van der Waals surface area contributed by atoms with Gasteiger partial charge in [-0.05, 0) is 38.5 Å². The number of ether oxygens (including phenoxy) is 1. The molecule has 20 heavy (non-hydrogen) atoms. The summed E-state index contributed by atoms with van der Waals surface area (Å²) < 4.78 is 4.68. The number of aliphatic hydroxyl groups excluding tert-OH is 1. The number of nitrogens with one attached hydrogen (secondary N) is 1. The minimum Gasteiger partial charge on any atom is -0.467 e. The number of rotatable bonds is 2. The van der Waals surface area contributed by atoms with Gasteiger partial charge in [0.2, 0.25) is 5.91 Å². The number of methoxy groups -OCH3 is 1. The van der Waals surface area contributed by atoms with Gasteiger partial charge < -0.3 is 15.2 Å². The fourth-order valence-electron chi connectivity index (χ4n) is 5.09. The van der Waals surface area contributed by atoms with Crippen LogP contribution in [0.4, 0.5) is 0 Å². The molecule has 2 aliphatic carbocycles. The summed E-state index contributed by atoms with van der Waals surface area (Å²) in [6, 6.07) is 0. The third-order valence-corrected chi connectivity index (χ3v) is 6.09. The molecule has 0 unspecified atom stereocenters. The van der Waals surface area contributed by atoms with E-state index in [4.69, 9.17) is 0 Å². The van der Waals surface area contributed by atoms with Gasteiger partial charge in [0.1, 0.15) is 0 Å². The predicted octanol–water partition coefficient (Wildman–Crippen LogP) is 0.995. The molecule has 1 saturated heterocycles. The molecule has 2 saturated carbocycles. The fourth-order valence-corrected chi connectivity index (χ4v) is 5.09. The molecule has 3 fully saturated rings. The molecule has 112 valence electrons. The first-order chi connectivity index (χ1) is 9.45. The Labute approximate surface area is 119 Å². The highest BCUT2D eigenvalue weighted by Gasteiger charge is 2.67. The van der Waals surface area contributed by atoms with Crippen LogP contribution >= 0.6 is 0 Å². The second-order valence-electron chi connectivity index (χ2n) is 6.80. The van der Waals surface area contributed by atoms with E-state index in [1.165, 1.54) is 7.11 Å². The Morgan fingerprint density at radius 3 is 2.85 bits per heavy atom. The molecule has 0 aromatic heterocycles. The van der Waals surface area contributed by atoms with Crippen LogP contribution in [0.5, 0.6) is 0 Å². The first kappa shape index (κ1) is 13.9. The van der Waals surface area contributed by atoms with Crippen LogP contribution in [-0.2, 0) is 14.3 Å². The van der Waals surface area contributed by atoms with Gasteiger partial charge in [0, 0.05) is 11.5 Å². The van der Waals surface area contributed by atoms with Crippen LogP contribution in [0.3, 0.4) is 0 Å². The predicted molar refractivity (Wildman–Crippen MR) is 71.7 cm³/mol. The molecule has 3 aliphatic rings. The molecular formula is C15H23NO4. The van der Waals surface area contributed by atoms with Gasteiger partial charge in [0.15, 0.2) is 6.10 Å². The molecule has 5 heteroatoms. The molecule has 0 spiro atoms. The van der Waals surface area contributed by atoms with Crippen LogP contribution in [0.2, 0.25) is 0 Å². The highest BCUT2D eigenvalue weighted by Crippen LogP contribution is 2.60. The summed E-state index contributed by atoms with van der Waals surface area (Å²) in [6.07, 6.45) is 4.49. The molecule has 5 nitrogen and oxygen atoms in total. The number of carbonyl (C=O) groups excluding carboxylic acids is 2. The topological polar surface area (TPSA) is 75.6 Å².